The summed E-state index contributed by atoms with van der Waals surface area (Å²) in [4.78, 5) is 25.2. The quantitative estimate of drug-likeness (QED) is 0.523. The summed E-state index contributed by atoms with van der Waals surface area (Å²) in [5.74, 6) is -0.841. The second kappa shape index (κ2) is 10.8. The summed E-state index contributed by atoms with van der Waals surface area (Å²) in [6.07, 6.45) is -4.52. The van der Waals surface area contributed by atoms with Gasteiger partial charge in [-0.3, -0.25) is 9.59 Å². The SMILES string of the molecule is CO[C@H]1[C@H](O[C@H]2[C@H](N(C)C)[C@@H](OC(C)=O)CO[C@@H]2C)O[C@H](C)[C@@H](OC)[C@@H]1OC(C)=O. The highest BCUT2D eigenvalue weighted by Gasteiger charge is 2.51. The summed E-state index contributed by atoms with van der Waals surface area (Å²) in [7, 11) is 6.79. The highest BCUT2D eigenvalue weighted by molar-refractivity contribution is 5.66. The van der Waals surface area contributed by atoms with Gasteiger partial charge in [-0.25, -0.2) is 0 Å². The van der Waals surface area contributed by atoms with Crippen LogP contribution in [-0.2, 0) is 42.7 Å². The fourth-order valence-corrected chi connectivity index (χ4v) is 4.20. The predicted molar refractivity (Wildman–Crippen MR) is 105 cm³/mol. The van der Waals surface area contributed by atoms with E-state index in [4.69, 9.17) is 33.2 Å². The molecular formula is C20H35NO9. The van der Waals surface area contributed by atoms with E-state index in [9.17, 15) is 9.59 Å². The van der Waals surface area contributed by atoms with E-state index in [1.165, 1.54) is 28.1 Å². The first-order valence-corrected chi connectivity index (χ1v) is 10.1. The number of hydrogen-bond donors (Lipinski definition) is 0. The molecule has 0 aliphatic carbocycles. The van der Waals surface area contributed by atoms with Crippen molar-refractivity contribution in [3.8, 4) is 0 Å². The molecule has 2 fully saturated rings. The van der Waals surface area contributed by atoms with Crippen LogP contribution in [0, 0.1) is 0 Å². The Morgan fingerprint density at radius 1 is 0.867 bits per heavy atom. The van der Waals surface area contributed by atoms with E-state index in [1.807, 2.05) is 32.8 Å². The van der Waals surface area contributed by atoms with Crippen molar-refractivity contribution in [1.29, 1.82) is 0 Å². The Labute approximate surface area is 178 Å². The molecular weight excluding hydrogens is 398 g/mol. The van der Waals surface area contributed by atoms with Gasteiger partial charge >= 0.3 is 11.9 Å². The van der Waals surface area contributed by atoms with Gasteiger partial charge in [0.05, 0.1) is 24.9 Å². The molecule has 2 aliphatic heterocycles. The van der Waals surface area contributed by atoms with E-state index < -0.39 is 48.9 Å². The number of methoxy groups -OCH3 is 2. The molecule has 0 saturated carbocycles. The number of likely N-dealkylation sites (N-methyl/N-ethyl adjacent to an activating group) is 1. The van der Waals surface area contributed by atoms with E-state index >= 15 is 0 Å². The second-order valence-corrected chi connectivity index (χ2v) is 7.93. The van der Waals surface area contributed by atoms with Crippen LogP contribution >= 0.6 is 0 Å². The lowest BCUT2D eigenvalue weighted by atomic mass is 9.95. The molecule has 2 rings (SSSR count). The first kappa shape index (κ1) is 25.0. The van der Waals surface area contributed by atoms with Gasteiger partial charge in [-0.05, 0) is 27.9 Å². The Hall–Kier alpha value is -1.30. The number of hydrogen-bond acceptors (Lipinski definition) is 10. The van der Waals surface area contributed by atoms with Gasteiger partial charge in [-0.15, -0.1) is 0 Å². The fourth-order valence-electron chi connectivity index (χ4n) is 4.20. The third-order valence-electron chi connectivity index (χ3n) is 5.48. The normalized spacial score (nSPS) is 39.6. The van der Waals surface area contributed by atoms with E-state index in [0.717, 1.165) is 0 Å². The van der Waals surface area contributed by atoms with Crippen molar-refractivity contribution in [3.05, 3.63) is 0 Å². The van der Waals surface area contributed by atoms with E-state index in [-0.39, 0.29) is 24.7 Å². The molecule has 2 heterocycles. The Kier molecular flexibility index (Phi) is 9.01. The van der Waals surface area contributed by atoms with Crippen molar-refractivity contribution < 1.29 is 42.7 Å². The molecule has 30 heavy (non-hydrogen) atoms. The van der Waals surface area contributed by atoms with Gasteiger partial charge in [0, 0.05) is 28.1 Å². The third-order valence-corrected chi connectivity index (χ3v) is 5.48. The topological polar surface area (TPSA) is 102 Å². The van der Waals surface area contributed by atoms with Crippen LogP contribution in [0.15, 0.2) is 0 Å². The van der Waals surface area contributed by atoms with Crippen molar-refractivity contribution >= 4 is 11.9 Å². The Bertz CT molecular complexity index is 587. The van der Waals surface area contributed by atoms with Crippen LogP contribution in [0.5, 0.6) is 0 Å². The number of esters is 2. The van der Waals surface area contributed by atoms with Gasteiger partial charge in [0.25, 0.3) is 0 Å². The van der Waals surface area contributed by atoms with Crippen molar-refractivity contribution in [2.75, 3.05) is 34.9 Å². The second-order valence-electron chi connectivity index (χ2n) is 7.93. The predicted octanol–water partition coefficient (Wildman–Crippen LogP) is 0.359. The Morgan fingerprint density at radius 3 is 1.97 bits per heavy atom. The van der Waals surface area contributed by atoms with Crippen molar-refractivity contribution in [3.63, 3.8) is 0 Å². The maximum absolute atomic E-state index is 11.7. The molecule has 0 N–H and O–H groups in total. The first-order chi connectivity index (χ1) is 14.1. The molecule has 0 aromatic carbocycles. The van der Waals surface area contributed by atoms with Crippen LogP contribution in [0.1, 0.15) is 27.7 Å². The van der Waals surface area contributed by atoms with Gasteiger partial charge in [-0.1, -0.05) is 0 Å². The van der Waals surface area contributed by atoms with Crippen molar-refractivity contribution in [2.24, 2.45) is 0 Å². The van der Waals surface area contributed by atoms with Crippen molar-refractivity contribution in [1.82, 2.24) is 4.90 Å². The number of rotatable bonds is 7. The molecule has 10 heteroatoms. The van der Waals surface area contributed by atoms with Crippen LogP contribution in [0.2, 0.25) is 0 Å². The number of nitrogens with zero attached hydrogens (tertiary/aromatic N) is 1. The van der Waals surface area contributed by atoms with Gasteiger partial charge in [0.15, 0.2) is 12.4 Å². The van der Waals surface area contributed by atoms with Crippen LogP contribution < -0.4 is 0 Å². The highest BCUT2D eigenvalue weighted by Crippen LogP contribution is 2.32. The molecule has 0 spiro atoms. The molecule has 174 valence electrons. The smallest absolute Gasteiger partial charge is 0.303 e. The molecule has 0 aromatic heterocycles. The summed E-state index contributed by atoms with van der Waals surface area (Å²) in [5, 5.41) is 0. The monoisotopic (exact) mass is 433 g/mol. The van der Waals surface area contributed by atoms with Gasteiger partial charge in [0.1, 0.15) is 24.4 Å². The van der Waals surface area contributed by atoms with Crippen LogP contribution in [0.25, 0.3) is 0 Å². The average molecular weight is 433 g/mol. The maximum Gasteiger partial charge on any atom is 0.303 e. The maximum atomic E-state index is 11.7. The summed E-state index contributed by atoms with van der Waals surface area (Å²) >= 11 is 0. The molecule has 0 unspecified atom stereocenters. The minimum absolute atomic E-state index is 0.265. The molecule has 2 saturated heterocycles. The van der Waals surface area contributed by atoms with Gasteiger partial charge in [0.2, 0.25) is 0 Å². The molecule has 2 aliphatic rings. The van der Waals surface area contributed by atoms with Crippen LogP contribution in [0.4, 0.5) is 0 Å². The minimum atomic E-state index is -0.852. The summed E-state index contributed by atoms with van der Waals surface area (Å²) < 4.78 is 40.3. The van der Waals surface area contributed by atoms with Gasteiger partial charge < -0.3 is 38.1 Å². The summed E-state index contributed by atoms with van der Waals surface area (Å²) in [6.45, 7) is 6.67. The summed E-state index contributed by atoms with van der Waals surface area (Å²) in [5.41, 5.74) is 0. The Morgan fingerprint density at radius 2 is 1.47 bits per heavy atom. The first-order valence-electron chi connectivity index (χ1n) is 10.1. The standard InChI is InChI=1S/C20H35NO9/c1-10-16(15(21(5)6)14(9-26-10)28-12(3)22)30-20-19(25-8)18(29-13(4)23)17(24-7)11(2)27-20/h10-11,14-20H,9H2,1-8H3/t10-,11-,14+,15-,16-,17-,18+,19-,20+/m1/s1. The largest absolute Gasteiger partial charge is 0.458 e. The highest BCUT2D eigenvalue weighted by atomic mass is 16.7. The lowest BCUT2D eigenvalue weighted by Gasteiger charge is -2.48. The zero-order valence-corrected chi connectivity index (χ0v) is 19.0. The molecule has 10 nitrogen and oxygen atoms in total. The number of carbonyl (C=O) groups excluding carboxylic acids is 2. The lowest BCUT2D eigenvalue weighted by Crippen LogP contribution is -2.65. The summed E-state index contributed by atoms with van der Waals surface area (Å²) in [6, 6.07) is -0.276. The van der Waals surface area contributed by atoms with Crippen molar-refractivity contribution in [2.45, 2.75) is 82.8 Å². The van der Waals surface area contributed by atoms with Gasteiger partial charge in [-0.2, -0.15) is 0 Å². The zero-order chi connectivity index (χ0) is 22.6. The van der Waals surface area contributed by atoms with E-state index in [0.29, 0.717) is 0 Å². The van der Waals surface area contributed by atoms with E-state index in [2.05, 4.69) is 0 Å². The van der Waals surface area contributed by atoms with Crippen LogP contribution in [-0.4, -0.2) is 107 Å². The Balaban J connectivity index is 2.28. The lowest BCUT2D eigenvalue weighted by molar-refractivity contribution is -0.330. The molecule has 0 bridgehead atoms. The zero-order valence-electron chi connectivity index (χ0n) is 19.0. The average Bonchev–Trinajstić information content (AvgIpc) is 2.63. The number of ether oxygens (including phenoxy) is 7. The third kappa shape index (κ3) is 5.68. The number of carbonyl (C=O) groups is 2. The van der Waals surface area contributed by atoms with Crippen LogP contribution in [0.3, 0.4) is 0 Å². The molecule has 0 radical (unpaired) electrons. The molecule has 0 amide bonds. The molecule has 0 aromatic rings. The van der Waals surface area contributed by atoms with E-state index in [1.54, 1.807) is 0 Å². The minimum Gasteiger partial charge on any atom is -0.458 e. The molecule has 9 atom stereocenters. The fraction of sp³-hybridized carbons (Fsp3) is 0.900.